The smallest absolute Gasteiger partial charge is 0.313 e. The molecule has 1 fully saturated rings. The number of nitrogens with two attached hydrogens (primary N) is 1. The highest BCUT2D eigenvalue weighted by Gasteiger charge is 2.49. The molecule has 0 radical (unpaired) electrons. The van der Waals surface area contributed by atoms with Crippen LogP contribution in [0.2, 0.25) is 0 Å². The van der Waals surface area contributed by atoms with Gasteiger partial charge in [0.25, 0.3) is 0 Å². The van der Waals surface area contributed by atoms with Gasteiger partial charge in [-0.15, -0.1) is 0 Å². The van der Waals surface area contributed by atoms with Crippen molar-refractivity contribution in [2.24, 2.45) is 11.1 Å². The molecule has 0 spiro atoms. The number of rotatable bonds is 7. The molecule has 0 bridgehead atoms. The van der Waals surface area contributed by atoms with E-state index in [9.17, 15) is 4.79 Å². The van der Waals surface area contributed by atoms with Gasteiger partial charge >= 0.3 is 5.97 Å². The van der Waals surface area contributed by atoms with Crippen molar-refractivity contribution in [2.45, 2.75) is 45.4 Å². The normalized spacial score (nSPS) is 17.9. The van der Waals surface area contributed by atoms with Crippen molar-refractivity contribution in [3.05, 3.63) is 0 Å². The number of ether oxygens (including phenoxy) is 1. The van der Waals surface area contributed by atoms with Crippen molar-refractivity contribution in [3.63, 3.8) is 0 Å². The molecular formula is C11H21NO2. The fourth-order valence-corrected chi connectivity index (χ4v) is 1.49. The first-order valence-corrected chi connectivity index (χ1v) is 5.62. The zero-order valence-corrected chi connectivity index (χ0v) is 9.05. The van der Waals surface area contributed by atoms with Crippen molar-refractivity contribution in [2.75, 3.05) is 13.2 Å². The number of unbranched alkanes of at least 4 members (excludes halogenated alkanes) is 3. The van der Waals surface area contributed by atoms with Gasteiger partial charge in [0, 0.05) is 6.54 Å². The third-order valence-corrected chi connectivity index (χ3v) is 2.91. The molecule has 82 valence electrons. The summed E-state index contributed by atoms with van der Waals surface area (Å²) in [6.45, 7) is 3.18. The second kappa shape index (κ2) is 5.35. The van der Waals surface area contributed by atoms with Crippen LogP contribution in [0.25, 0.3) is 0 Å². The van der Waals surface area contributed by atoms with Crippen molar-refractivity contribution < 1.29 is 9.53 Å². The minimum Gasteiger partial charge on any atom is -0.465 e. The molecule has 0 unspecified atom stereocenters. The zero-order valence-electron chi connectivity index (χ0n) is 9.05. The predicted octanol–water partition coefficient (Wildman–Crippen LogP) is 1.85. The van der Waals surface area contributed by atoms with Crippen LogP contribution in [0.1, 0.15) is 45.4 Å². The second-order valence-electron chi connectivity index (χ2n) is 4.18. The Balaban J connectivity index is 2.04. The van der Waals surface area contributed by atoms with E-state index in [4.69, 9.17) is 10.5 Å². The summed E-state index contributed by atoms with van der Waals surface area (Å²) in [6.07, 6.45) is 6.40. The van der Waals surface area contributed by atoms with Crippen LogP contribution >= 0.6 is 0 Å². The van der Waals surface area contributed by atoms with E-state index < -0.39 is 0 Å². The van der Waals surface area contributed by atoms with Crippen molar-refractivity contribution in [1.29, 1.82) is 0 Å². The number of carbonyl (C=O) groups excluding carboxylic acids is 1. The fourth-order valence-electron chi connectivity index (χ4n) is 1.49. The maximum Gasteiger partial charge on any atom is 0.313 e. The molecule has 3 nitrogen and oxygen atoms in total. The number of hydrogen-bond acceptors (Lipinski definition) is 3. The summed E-state index contributed by atoms with van der Waals surface area (Å²) in [7, 11) is 0. The van der Waals surface area contributed by atoms with Crippen molar-refractivity contribution >= 4 is 5.97 Å². The molecule has 1 aliphatic rings. The molecule has 0 aromatic carbocycles. The first kappa shape index (κ1) is 11.5. The van der Waals surface area contributed by atoms with Gasteiger partial charge < -0.3 is 10.5 Å². The minimum atomic E-state index is -0.287. The summed E-state index contributed by atoms with van der Waals surface area (Å²) in [5.41, 5.74) is 5.23. The Hall–Kier alpha value is -0.570. The minimum absolute atomic E-state index is 0.0727. The van der Waals surface area contributed by atoms with E-state index >= 15 is 0 Å². The lowest BCUT2D eigenvalue weighted by Crippen LogP contribution is -2.27. The van der Waals surface area contributed by atoms with Gasteiger partial charge in [0.1, 0.15) is 0 Å². The molecule has 0 aromatic heterocycles. The fraction of sp³-hybridized carbons (Fsp3) is 0.909. The maximum atomic E-state index is 11.5. The molecule has 0 atom stereocenters. The maximum absolute atomic E-state index is 11.5. The first-order valence-electron chi connectivity index (χ1n) is 5.62. The van der Waals surface area contributed by atoms with E-state index in [1.54, 1.807) is 0 Å². The molecule has 14 heavy (non-hydrogen) atoms. The third-order valence-electron chi connectivity index (χ3n) is 2.91. The average Bonchev–Trinajstić information content (AvgIpc) is 2.98. The van der Waals surface area contributed by atoms with E-state index in [1.807, 2.05) is 0 Å². The van der Waals surface area contributed by atoms with Crippen molar-refractivity contribution in [1.82, 2.24) is 0 Å². The number of esters is 1. The van der Waals surface area contributed by atoms with Crippen LogP contribution in [-0.4, -0.2) is 19.1 Å². The molecule has 0 saturated heterocycles. The van der Waals surface area contributed by atoms with Crippen LogP contribution in [0.15, 0.2) is 0 Å². The number of hydrogen-bond donors (Lipinski definition) is 1. The molecule has 0 heterocycles. The Bertz CT molecular complexity index is 188. The molecule has 0 amide bonds. The highest BCUT2D eigenvalue weighted by atomic mass is 16.5. The Morgan fingerprint density at radius 2 is 2.07 bits per heavy atom. The SMILES string of the molecule is CCCCCCOC(=O)C1(CN)CC1. The Kier molecular flexibility index (Phi) is 4.39. The lowest BCUT2D eigenvalue weighted by Gasteiger charge is -2.11. The van der Waals surface area contributed by atoms with Crippen LogP contribution in [0, 0.1) is 5.41 Å². The van der Waals surface area contributed by atoms with E-state index in [1.165, 1.54) is 12.8 Å². The monoisotopic (exact) mass is 199 g/mol. The summed E-state index contributed by atoms with van der Waals surface area (Å²) in [5, 5.41) is 0. The van der Waals surface area contributed by atoms with Gasteiger partial charge in [-0.1, -0.05) is 26.2 Å². The molecular weight excluding hydrogens is 178 g/mol. The number of carbonyl (C=O) groups is 1. The van der Waals surface area contributed by atoms with Crippen molar-refractivity contribution in [3.8, 4) is 0 Å². The quantitative estimate of drug-likeness (QED) is 0.503. The average molecular weight is 199 g/mol. The van der Waals surface area contributed by atoms with Gasteiger partial charge in [-0.3, -0.25) is 4.79 Å². The summed E-state index contributed by atoms with van der Waals surface area (Å²) >= 11 is 0. The highest BCUT2D eigenvalue weighted by Crippen LogP contribution is 2.45. The summed E-state index contributed by atoms with van der Waals surface area (Å²) < 4.78 is 5.19. The van der Waals surface area contributed by atoms with Gasteiger partial charge in [-0.2, -0.15) is 0 Å². The molecule has 2 N–H and O–H groups in total. The Morgan fingerprint density at radius 1 is 1.36 bits per heavy atom. The van der Waals surface area contributed by atoms with Gasteiger partial charge in [0.2, 0.25) is 0 Å². The van der Waals surface area contributed by atoms with Gasteiger partial charge in [0.15, 0.2) is 0 Å². The molecule has 1 saturated carbocycles. The molecule has 0 aromatic rings. The van der Waals surface area contributed by atoms with Crippen LogP contribution in [0.4, 0.5) is 0 Å². The Morgan fingerprint density at radius 3 is 2.57 bits per heavy atom. The van der Waals surface area contributed by atoms with E-state index in [2.05, 4.69) is 6.92 Å². The van der Waals surface area contributed by atoms with Crippen LogP contribution in [0.3, 0.4) is 0 Å². The second-order valence-corrected chi connectivity index (χ2v) is 4.18. The lowest BCUT2D eigenvalue weighted by molar-refractivity contribution is -0.149. The van der Waals surface area contributed by atoms with E-state index in [0.29, 0.717) is 13.2 Å². The third kappa shape index (κ3) is 2.98. The van der Waals surface area contributed by atoms with Crippen LogP contribution in [-0.2, 0) is 9.53 Å². The predicted molar refractivity (Wildman–Crippen MR) is 55.8 cm³/mol. The van der Waals surface area contributed by atoms with Gasteiger partial charge in [0.05, 0.1) is 12.0 Å². The van der Waals surface area contributed by atoms with Crippen LogP contribution in [0.5, 0.6) is 0 Å². The van der Waals surface area contributed by atoms with E-state index in [-0.39, 0.29) is 11.4 Å². The summed E-state index contributed by atoms with van der Waals surface area (Å²) in [6, 6.07) is 0. The van der Waals surface area contributed by atoms with E-state index in [0.717, 1.165) is 25.7 Å². The highest BCUT2D eigenvalue weighted by molar-refractivity contribution is 5.80. The summed E-state index contributed by atoms with van der Waals surface area (Å²) in [4.78, 5) is 11.5. The molecule has 3 heteroatoms. The molecule has 1 rings (SSSR count). The Labute approximate surface area is 86.0 Å². The molecule has 1 aliphatic carbocycles. The standard InChI is InChI=1S/C11H21NO2/c1-2-3-4-5-8-14-10(13)11(9-12)6-7-11/h2-9,12H2,1H3. The first-order chi connectivity index (χ1) is 6.75. The largest absolute Gasteiger partial charge is 0.465 e. The zero-order chi connectivity index (χ0) is 10.4. The lowest BCUT2D eigenvalue weighted by atomic mass is 10.1. The van der Waals surface area contributed by atoms with Gasteiger partial charge in [-0.05, 0) is 19.3 Å². The van der Waals surface area contributed by atoms with Gasteiger partial charge in [-0.25, -0.2) is 0 Å². The summed E-state index contributed by atoms with van der Waals surface area (Å²) in [5.74, 6) is -0.0727. The topological polar surface area (TPSA) is 52.3 Å². The van der Waals surface area contributed by atoms with Crippen LogP contribution < -0.4 is 5.73 Å². The molecule has 0 aliphatic heterocycles.